The lowest BCUT2D eigenvalue weighted by Crippen LogP contribution is -2.11. The van der Waals surface area contributed by atoms with Gasteiger partial charge in [-0.1, -0.05) is 0 Å². The molecular weight excluding hydrogens is 288 g/mol. The quantitative estimate of drug-likeness (QED) is 0.294. The third-order valence-electron chi connectivity index (χ3n) is 3.70. The summed E-state index contributed by atoms with van der Waals surface area (Å²) < 4.78 is 20.3. The summed E-state index contributed by atoms with van der Waals surface area (Å²) in [6, 6.07) is 0. The maximum atomic E-state index is 11.4. The molecule has 0 amide bonds. The lowest BCUT2D eigenvalue weighted by atomic mass is 10.2. The van der Waals surface area contributed by atoms with Crippen LogP contribution in [0.2, 0.25) is 0 Å². The highest BCUT2D eigenvalue weighted by molar-refractivity contribution is 5.77. The molecule has 6 heteroatoms. The standard InChI is InChI=1S/C16H26O6/c17-15(19-9-3-1-5-13-11-21-13)7-8-16(18)20-10-4-2-6-14-12-22-14/h13-14H,1-12H2. The van der Waals surface area contributed by atoms with E-state index in [9.17, 15) is 9.59 Å². The Kier molecular flexibility index (Phi) is 7.66. The van der Waals surface area contributed by atoms with E-state index in [-0.39, 0.29) is 24.8 Å². The zero-order valence-corrected chi connectivity index (χ0v) is 13.1. The first kappa shape index (κ1) is 17.2. The summed E-state index contributed by atoms with van der Waals surface area (Å²) >= 11 is 0. The topological polar surface area (TPSA) is 77.7 Å². The van der Waals surface area contributed by atoms with Gasteiger partial charge >= 0.3 is 11.9 Å². The Morgan fingerprint density at radius 3 is 1.55 bits per heavy atom. The third kappa shape index (κ3) is 9.00. The van der Waals surface area contributed by atoms with Crippen LogP contribution in [0.3, 0.4) is 0 Å². The Balaban J connectivity index is 1.33. The van der Waals surface area contributed by atoms with Crippen molar-refractivity contribution in [2.75, 3.05) is 26.4 Å². The van der Waals surface area contributed by atoms with Crippen LogP contribution in [0.1, 0.15) is 51.4 Å². The van der Waals surface area contributed by atoms with Crippen molar-refractivity contribution in [3.05, 3.63) is 0 Å². The number of unbranched alkanes of at least 4 members (excludes halogenated alkanes) is 2. The molecule has 2 atom stereocenters. The molecular formula is C16H26O6. The molecule has 2 unspecified atom stereocenters. The molecule has 2 heterocycles. The Hall–Kier alpha value is -1.14. The maximum absolute atomic E-state index is 11.4. The molecule has 0 saturated carbocycles. The fraction of sp³-hybridized carbons (Fsp3) is 0.875. The molecule has 2 fully saturated rings. The number of ether oxygens (including phenoxy) is 4. The summed E-state index contributed by atoms with van der Waals surface area (Å²) in [6.45, 7) is 2.58. The van der Waals surface area contributed by atoms with E-state index in [2.05, 4.69) is 0 Å². The first-order valence-electron chi connectivity index (χ1n) is 8.28. The lowest BCUT2D eigenvalue weighted by molar-refractivity contribution is -0.150. The normalized spacial score (nSPS) is 22.2. The molecule has 0 aromatic carbocycles. The second kappa shape index (κ2) is 9.79. The predicted molar refractivity (Wildman–Crippen MR) is 78.3 cm³/mol. The first-order valence-corrected chi connectivity index (χ1v) is 8.28. The zero-order valence-electron chi connectivity index (χ0n) is 13.1. The van der Waals surface area contributed by atoms with Crippen molar-refractivity contribution >= 4 is 11.9 Å². The molecule has 0 radical (unpaired) electrons. The van der Waals surface area contributed by atoms with E-state index in [1.807, 2.05) is 0 Å². The van der Waals surface area contributed by atoms with Gasteiger partial charge in [0.15, 0.2) is 0 Å². The minimum atomic E-state index is -0.328. The Bertz CT molecular complexity index is 315. The van der Waals surface area contributed by atoms with Crippen LogP contribution in [0, 0.1) is 0 Å². The van der Waals surface area contributed by atoms with Crippen LogP contribution < -0.4 is 0 Å². The summed E-state index contributed by atoms with van der Waals surface area (Å²) in [5.74, 6) is -0.656. The lowest BCUT2D eigenvalue weighted by Gasteiger charge is -2.05. The number of hydrogen-bond donors (Lipinski definition) is 0. The van der Waals surface area contributed by atoms with Crippen LogP contribution in [0.15, 0.2) is 0 Å². The Morgan fingerprint density at radius 1 is 0.773 bits per heavy atom. The second-order valence-corrected chi connectivity index (χ2v) is 5.84. The average molecular weight is 314 g/mol. The van der Waals surface area contributed by atoms with Gasteiger partial charge in [-0.05, 0) is 38.5 Å². The maximum Gasteiger partial charge on any atom is 0.306 e. The molecule has 2 rings (SSSR count). The minimum absolute atomic E-state index is 0.0977. The number of esters is 2. The number of rotatable bonds is 13. The van der Waals surface area contributed by atoms with Crippen molar-refractivity contribution in [3.63, 3.8) is 0 Å². The van der Waals surface area contributed by atoms with E-state index in [4.69, 9.17) is 18.9 Å². The highest BCUT2D eigenvalue weighted by Gasteiger charge is 2.21. The van der Waals surface area contributed by atoms with Crippen LogP contribution in [0.25, 0.3) is 0 Å². The van der Waals surface area contributed by atoms with Crippen molar-refractivity contribution in [3.8, 4) is 0 Å². The number of hydrogen-bond acceptors (Lipinski definition) is 6. The monoisotopic (exact) mass is 314 g/mol. The highest BCUT2D eigenvalue weighted by Crippen LogP contribution is 2.17. The van der Waals surface area contributed by atoms with Gasteiger partial charge in [-0.2, -0.15) is 0 Å². The van der Waals surface area contributed by atoms with Crippen molar-refractivity contribution in [2.24, 2.45) is 0 Å². The van der Waals surface area contributed by atoms with E-state index in [1.165, 1.54) is 0 Å². The van der Waals surface area contributed by atoms with Gasteiger partial charge in [-0.3, -0.25) is 9.59 Å². The summed E-state index contributed by atoms with van der Waals surface area (Å²) in [4.78, 5) is 22.9. The molecule has 126 valence electrons. The Labute approximate surface area is 131 Å². The van der Waals surface area contributed by atoms with Gasteiger partial charge in [0.25, 0.3) is 0 Å². The molecule has 0 aliphatic carbocycles. The predicted octanol–water partition coefficient (Wildman–Crippen LogP) is 1.99. The van der Waals surface area contributed by atoms with E-state index >= 15 is 0 Å². The van der Waals surface area contributed by atoms with Crippen molar-refractivity contribution in [1.82, 2.24) is 0 Å². The molecule has 0 aromatic heterocycles. The van der Waals surface area contributed by atoms with Gasteiger partial charge < -0.3 is 18.9 Å². The molecule has 0 bridgehead atoms. The fourth-order valence-electron chi connectivity index (χ4n) is 2.14. The number of carbonyl (C=O) groups is 2. The highest BCUT2D eigenvalue weighted by atomic mass is 16.6. The molecule has 2 aliphatic heterocycles. The van der Waals surface area contributed by atoms with E-state index in [0.29, 0.717) is 25.4 Å². The van der Waals surface area contributed by atoms with Crippen molar-refractivity contribution < 1.29 is 28.5 Å². The summed E-state index contributed by atoms with van der Waals surface area (Å²) in [5.41, 5.74) is 0. The van der Waals surface area contributed by atoms with Gasteiger partial charge in [0.2, 0.25) is 0 Å². The van der Waals surface area contributed by atoms with E-state index in [0.717, 1.165) is 51.7 Å². The molecule has 2 saturated heterocycles. The van der Waals surface area contributed by atoms with Crippen LogP contribution in [-0.4, -0.2) is 50.6 Å². The van der Waals surface area contributed by atoms with Crippen LogP contribution in [-0.2, 0) is 28.5 Å². The molecule has 0 N–H and O–H groups in total. The Morgan fingerprint density at radius 2 is 1.18 bits per heavy atom. The first-order chi connectivity index (χ1) is 10.7. The number of carbonyl (C=O) groups excluding carboxylic acids is 2. The van der Waals surface area contributed by atoms with E-state index in [1.54, 1.807) is 0 Å². The number of epoxide rings is 2. The summed E-state index contributed by atoms with van der Waals surface area (Å²) in [6.07, 6.45) is 6.85. The van der Waals surface area contributed by atoms with Crippen LogP contribution >= 0.6 is 0 Å². The van der Waals surface area contributed by atoms with Gasteiger partial charge in [0, 0.05) is 0 Å². The zero-order chi connectivity index (χ0) is 15.6. The smallest absolute Gasteiger partial charge is 0.306 e. The molecule has 22 heavy (non-hydrogen) atoms. The third-order valence-corrected chi connectivity index (χ3v) is 3.70. The van der Waals surface area contributed by atoms with Gasteiger partial charge in [0.05, 0.1) is 51.5 Å². The van der Waals surface area contributed by atoms with Gasteiger partial charge in [-0.15, -0.1) is 0 Å². The summed E-state index contributed by atoms with van der Waals surface area (Å²) in [5, 5.41) is 0. The average Bonchev–Trinajstić information content (AvgIpc) is 3.38. The molecule has 6 nitrogen and oxygen atoms in total. The van der Waals surface area contributed by atoms with E-state index < -0.39 is 0 Å². The largest absolute Gasteiger partial charge is 0.466 e. The fourth-order valence-corrected chi connectivity index (χ4v) is 2.14. The molecule has 2 aliphatic rings. The molecule has 0 aromatic rings. The second-order valence-electron chi connectivity index (χ2n) is 5.84. The minimum Gasteiger partial charge on any atom is -0.466 e. The van der Waals surface area contributed by atoms with Crippen LogP contribution in [0.5, 0.6) is 0 Å². The van der Waals surface area contributed by atoms with Crippen molar-refractivity contribution in [2.45, 2.75) is 63.6 Å². The SMILES string of the molecule is O=C(CCC(=O)OCCCCC1CO1)OCCCCC1CO1. The van der Waals surface area contributed by atoms with Gasteiger partial charge in [-0.25, -0.2) is 0 Å². The van der Waals surface area contributed by atoms with Crippen LogP contribution in [0.4, 0.5) is 0 Å². The van der Waals surface area contributed by atoms with Crippen molar-refractivity contribution in [1.29, 1.82) is 0 Å². The summed E-state index contributed by atoms with van der Waals surface area (Å²) in [7, 11) is 0. The van der Waals surface area contributed by atoms with Gasteiger partial charge in [0.1, 0.15) is 0 Å². The molecule has 0 spiro atoms.